The smallest absolute Gasteiger partial charge is 0.266 e. The first-order chi connectivity index (χ1) is 11.7. The van der Waals surface area contributed by atoms with Gasteiger partial charge in [0.05, 0.1) is 10.4 Å². The monoisotopic (exact) mass is 355 g/mol. The number of aryl methyl sites for hydroxylation is 1. The Kier molecular flexibility index (Phi) is 4.31. The molecule has 25 heavy (non-hydrogen) atoms. The van der Waals surface area contributed by atoms with Gasteiger partial charge in [-0.3, -0.25) is 14.7 Å². The summed E-state index contributed by atoms with van der Waals surface area (Å²) in [7, 11) is 5.61. The lowest BCUT2D eigenvalue weighted by Crippen LogP contribution is -2.42. The molecule has 1 aromatic rings. The predicted molar refractivity (Wildman–Crippen MR) is 109 cm³/mol. The third-order valence-electron chi connectivity index (χ3n) is 5.09. The van der Waals surface area contributed by atoms with Crippen LogP contribution in [0, 0.1) is 6.92 Å². The van der Waals surface area contributed by atoms with Gasteiger partial charge >= 0.3 is 0 Å². The van der Waals surface area contributed by atoms with Crippen molar-refractivity contribution in [2.24, 2.45) is 4.99 Å². The molecule has 2 aliphatic rings. The number of hydrogen-bond donors (Lipinski definition) is 0. The number of fused-ring (bicyclic) bond motifs is 1. The molecule has 0 unspecified atom stereocenters. The maximum absolute atomic E-state index is 12.4. The summed E-state index contributed by atoms with van der Waals surface area (Å²) in [5.41, 5.74) is 5.99. The maximum Gasteiger partial charge on any atom is 0.266 e. The van der Waals surface area contributed by atoms with Crippen molar-refractivity contribution in [2.75, 3.05) is 26.0 Å². The van der Waals surface area contributed by atoms with E-state index in [0.29, 0.717) is 0 Å². The number of allylic oxidation sites excluding steroid dienone is 1. The molecule has 0 spiro atoms. The van der Waals surface area contributed by atoms with Gasteiger partial charge in [-0.05, 0) is 74.4 Å². The summed E-state index contributed by atoms with van der Waals surface area (Å²) in [4.78, 5) is 21.2. The van der Waals surface area contributed by atoms with Crippen LogP contribution in [-0.2, 0) is 4.79 Å². The van der Waals surface area contributed by atoms with E-state index >= 15 is 0 Å². The number of nitrogens with zero attached hydrogens (tertiary/aromatic N) is 3. The van der Waals surface area contributed by atoms with Gasteiger partial charge in [0, 0.05) is 32.4 Å². The van der Waals surface area contributed by atoms with Crippen LogP contribution in [-0.4, -0.2) is 42.7 Å². The Morgan fingerprint density at radius 3 is 2.48 bits per heavy atom. The van der Waals surface area contributed by atoms with Crippen LogP contribution in [0.3, 0.4) is 0 Å². The summed E-state index contributed by atoms with van der Waals surface area (Å²) >= 11 is 1.43. The molecule has 0 bridgehead atoms. The summed E-state index contributed by atoms with van der Waals surface area (Å²) in [6.07, 6.45) is 4.29. The van der Waals surface area contributed by atoms with Gasteiger partial charge in [-0.25, -0.2) is 0 Å². The van der Waals surface area contributed by atoms with Gasteiger partial charge in [-0.1, -0.05) is 6.08 Å². The van der Waals surface area contributed by atoms with Crippen molar-refractivity contribution in [1.29, 1.82) is 0 Å². The quantitative estimate of drug-likeness (QED) is 0.710. The molecule has 1 saturated heterocycles. The number of hydrogen-bond acceptors (Lipinski definition) is 4. The minimum Gasteiger partial charge on any atom is -0.365 e. The minimum atomic E-state index is -0.00399. The van der Waals surface area contributed by atoms with Crippen LogP contribution in [0.15, 0.2) is 28.1 Å². The summed E-state index contributed by atoms with van der Waals surface area (Å²) in [5, 5.41) is 0.740. The third kappa shape index (κ3) is 2.91. The van der Waals surface area contributed by atoms with Crippen molar-refractivity contribution in [3.63, 3.8) is 0 Å². The number of benzene rings is 1. The topological polar surface area (TPSA) is 35.9 Å². The second-order valence-corrected chi connectivity index (χ2v) is 8.26. The number of amides is 1. The van der Waals surface area contributed by atoms with Crippen molar-refractivity contribution in [2.45, 2.75) is 33.2 Å². The lowest BCUT2D eigenvalue weighted by molar-refractivity contribution is -0.121. The number of carbonyl (C=O) groups is 1. The van der Waals surface area contributed by atoms with Gasteiger partial charge in [-0.2, -0.15) is 0 Å². The maximum atomic E-state index is 12.4. The Morgan fingerprint density at radius 1 is 1.20 bits per heavy atom. The second-order valence-electron chi connectivity index (χ2n) is 7.25. The van der Waals surface area contributed by atoms with E-state index in [0.717, 1.165) is 15.6 Å². The van der Waals surface area contributed by atoms with Crippen molar-refractivity contribution in [3.05, 3.63) is 39.8 Å². The van der Waals surface area contributed by atoms with Gasteiger partial charge in [0.25, 0.3) is 5.91 Å². The first kappa shape index (κ1) is 17.8. The van der Waals surface area contributed by atoms with Crippen molar-refractivity contribution in [1.82, 2.24) is 4.90 Å². The van der Waals surface area contributed by atoms with E-state index in [-0.39, 0.29) is 11.4 Å². The fraction of sp³-hybridized carbons (Fsp3) is 0.400. The van der Waals surface area contributed by atoms with Gasteiger partial charge in [0.1, 0.15) is 0 Å². The average Bonchev–Trinajstić information content (AvgIpc) is 2.81. The molecule has 0 saturated carbocycles. The van der Waals surface area contributed by atoms with E-state index in [1.165, 1.54) is 34.1 Å². The summed E-state index contributed by atoms with van der Waals surface area (Å²) in [6, 6.07) is 4.42. The molecule has 1 aromatic carbocycles. The number of aliphatic imine (C=N–C) groups is 1. The molecule has 4 nitrogen and oxygen atoms in total. The molecule has 2 heterocycles. The zero-order valence-electron chi connectivity index (χ0n) is 16.0. The molecule has 5 heteroatoms. The normalized spacial score (nSPS) is 22.7. The predicted octanol–water partition coefficient (Wildman–Crippen LogP) is 4.16. The van der Waals surface area contributed by atoms with Gasteiger partial charge in [-0.15, -0.1) is 0 Å². The highest BCUT2D eigenvalue weighted by Crippen LogP contribution is 2.40. The Balaban J connectivity index is 2.08. The van der Waals surface area contributed by atoms with Crippen LogP contribution in [0.2, 0.25) is 0 Å². The third-order valence-corrected chi connectivity index (χ3v) is 6.24. The van der Waals surface area contributed by atoms with Gasteiger partial charge < -0.3 is 4.90 Å². The molecule has 0 atom stereocenters. The zero-order chi connectivity index (χ0) is 18.5. The second kappa shape index (κ2) is 6.06. The van der Waals surface area contributed by atoms with E-state index in [1.54, 1.807) is 19.0 Å². The average molecular weight is 356 g/mol. The highest BCUT2D eigenvalue weighted by molar-refractivity contribution is 8.18. The molecule has 0 aliphatic carbocycles. The molecular formula is C20H25N3OS. The van der Waals surface area contributed by atoms with Crippen LogP contribution in [0.1, 0.15) is 37.5 Å². The molecule has 0 radical (unpaired) electrons. The van der Waals surface area contributed by atoms with Crippen LogP contribution in [0.5, 0.6) is 0 Å². The van der Waals surface area contributed by atoms with Crippen LogP contribution in [0.25, 0.3) is 11.6 Å². The molecule has 132 valence electrons. The molecule has 2 aliphatic heterocycles. The summed E-state index contributed by atoms with van der Waals surface area (Å²) < 4.78 is 0. The number of rotatable bonds is 1. The minimum absolute atomic E-state index is 0.00399. The highest BCUT2D eigenvalue weighted by Gasteiger charge is 2.31. The van der Waals surface area contributed by atoms with Crippen molar-refractivity contribution >= 4 is 40.2 Å². The molecule has 0 aromatic heterocycles. The number of amidine groups is 1. The molecule has 3 rings (SSSR count). The largest absolute Gasteiger partial charge is 0.365 e. The van der Waals surface area contributed by atoms with Crippen LogP contribution < -0.4 is 4.90 Å². The Labute approximate surface area is 154 Å². The van der Waals surface area contributed by atoms with E-state index in [4.69, 9.17) is 0 Å². The first-order valence-electron chi connectivity index (χ1n) is 8.38. The highest BCUT2D eigenvalue weighted by atomic mass is 32.2. The number of likely N-dealkylation sites (N-methyl/N-ethyl adjacent to an activating group) is 2. The summed E-state index contributed by atoms with van der Waals surface area (Å²) in [6.45, 7) is 8.70. The first-order valence-corrected chi connectivity index (χ1v) is 9.20. The fourth-order valence-corrected chi connectivity index (χ4v) is 4.28. The number of thioether (sulfide) groups is 1. The Hall–Kier alpha value is -2.01. The van der Waals surface area contributed by atoms with Gasteiger partial charge in [0.2, 0.25) is 0 Å². The fourth-order valence-electron chi connectivity index (χ4n) is 3.36. The number of anilines is 1. The van der Waals surface area contributed by atoms with Crippen LogP contribution in [0.4, 0.5) is 5.69 Å². The van der Waals surface area contributed by atoms with Crippen molar-refractivity contribution in [3.8, 4) is 0 Å². The van der Waals surface area contributed by atoms with Crippen molar-refractivity contribution < 1.29 is 4.79 Å². The van der Waals surface area contributed by atoms with Gasteiger partial charge in [0.15, 0.2) is 5.17 Å². The van der Waals surface area contributed by atoms with E-state index in [9.17, 15) is 4.79 Å². The Morgan fingerprint density at radius 2 is 1.88 bits per heavy atom. The molecule has 0 N–H and O–H groups in total. The van der Waals surface area contributed by atoms with E-state index in [1.807, 2.05) is 6.08 Å². The molecule has 1 fully saturated rings. The standard InChI is InChI=1S/C20H25N3OS/c1-12-8-16-15(13(2)11-20(3,4)23(16)7)9-14(12)10-17-18(24)22(6)19(21-5)25-17/h8-11H,1-7H3/b17-10+,21-19?. The number of carbonyl (C=O) groups excluding carboxylic acids is 1. The van der Waals surface area contributed by atoms with Crippen LogP contribution >= 0.6 is 11.8 Å². The SMILES string of the molecule is CN=C1S/C(=C/c2cc3c(cc2C)N(C)C(C)(C)C=C3C)C(=O)N1C. The molecule has 1 amide bonds. The lowest BCUT2D eigenvalue weighted by Gasteiger charge is -2.41. The zero-order valence-corrected chi connectivity index (χ0v) is 16.8. The van der Waals surface area contributed by atoms with E-state index in [2.05, 4.69) is 62.8 Å². The molecular weight excluding hydrogens is 330 g/mol. The van der Waals surface area contributed by atoms with E-state index < -0.39 is 0 Å². The lowest BCUT2D eigenvalue weighted by atomic mass is 9.87. The summed E-state index contributed by atoms with van der Waals surface area (Å²) in [5.74, 6) is 0.00763. The Bertz CT molecular complexity index is 849.